The van der Waals surface area contributed by atoms with Crippen molar-refractivity contribution >= 4 is 12.3 Å². The predicted molar refractivity (Wildman–Crippen MR) is 142 cm³/mol. The molecule has 4 heteroatoms. The van der Waals surface area contributed by atoms with Crippen LogP contribution in [0.25, 0.3) is 0 Å². The predicted octanol–water partition coefficient (Wildman–Crippen LogP) is 6.75. The van der Waals surface area contributed by atoms with Gasteiger partial charge in [0.15, 0.2) is 0 Å². The summed E-state index contributed by atoms with van der Waals surface area (Å²) in [6.07, 6.45) is 11.7. The normalized spacial score (nSPS) is 53.6. The highest BCUT2D eigenvalue weighted by atomic mass is 16.5. The Kier molecular flexibility index (Phi) is 5.83. The SMILES string of the molecule is COC(=O)[C@]12CCC(C)(C)CC1C1=CCC3C4(C)CC[C@H](C)[C@](C)(C=O)[C@@H]4CCC3(C)[C@]1(C)C[C@@H]2O. The van der Waals surface area contributed by atoms with Crippen molar-refractivity contribution in [2.45, 2.75) is 112 Å². The van der Waals surface area contributed by atoms with Gasteiger partial charge in [-0.3, -0.25) is 4.79 Å². The molecule has 5 aliphatic carbocycles. The van der Waals surface area contributed by atoms with Gasteiger partial charge in [0.2, 0.25) is 0 Å². The summed E-state index contributed by atoms with van der Waals surface area (Å²) >= 11 is 0. The molecule has 0 radical (unpaired) electrons. The van der Waals surface area contributed by atoms with Crippen molar-refractivity contribution < 1.29 is 19.4 Å². The highest BCUT2D eigenvalue weighted by molar-refractivity contribution is 5.79. The zero-order chi connectivity index (χ0) is 26.5. The first-order valence-corrected chi connectivity index (χ1v) is 14.6. The fraction of sp³-hybridized carbons (Fsp3) is 0.875. The Morgan fingerprint density at radius 1 is 1.00 bits per heavy atom. The van der Waals surface area contributed by atoms with Crippen LogP contribution in [-0.4, -0.2) is 30.6 Å². The third kappa shape index (κ3) is 3.03. The number of carbonyl (C=O) groups excluding carboxylic acids is 2. The Labute approximate surface area is 219 Å². The number of methoxy groups -OCH3 is 1. The number of aldehydes is 1. The lowest BCUT2D eigenvalue weighted by Gasteiger charge is -2.71. The second kappa shape index (κ2) is 7.93. The molecule has 0 aromatic heterocycles. The van der Waals surface area contributed by atoms with Crippen LogP contribution in [0.1, 0.15) is 106 Å². The second-order valence-electron chi connectivity index (χ2n) is 15.4. The summed E-state index contributed by atoms with van der Waals surface area (Å²) in [5.74, 6) is 1.10. The van der Waals surface area contributed by atoms with E-state index in [-0.39, 0.29) is 39.0 Å². The Bertz CT molecular complexity index is 983. The minimum atomic E-state index is -0.823. The van der Waals surface area contributed by atoms with Crippen LogP contribution in [0.3, 0.4) is 0 Å². The van der Waals surface area contributed by atoms with Crippen molar-refractivity contribution in [1.82, 2.24) is 0 Å². The van der Waals surface area contributed by atoms with E-state index in [4.69, 9.17) is 4.74 Å². The van der Waals surface area contributed by atoms with Gasteiger partial charge in [0.25, 0.3) is 0 Å². The maximum absolute atomic E-state index is 13.4. The molecular formula is C32H50O4. The van der Waals surface area contributed by atoms with Crippen LogP contribution in [0.15, 0.2) is 11.6 Å². The molecule has 4 saturated carbocycles. The Balaban J connectivity index is 1.63. The molecule has 0 aliphatic heterocycles. The molecule has 0 bridgehead atoms. The van der Waals surface area contributed by atoms with Crippen LogP contribution in [-0.2, 0) is 14.3 Å². The van der Waals surface area contributed by atoms with E-state index in [0.717, 1.165) is 38.5 Å². The molecule has 0 amide bonds. The number of fused-ring (bicyclic) bond motifs is 7. The minimum absolute atomic E-state index is 0.0253. The molecule has 0 aromatic carbocycles. The van der Waals surface area contributed by atoms with Crippen LogP contribution in [0.2, 0.25) is 0 Å². The van der Waals surface area contributed by atoms with Crippen LogP contribution < -0.4 is 0 Å². The van der Waals surface area contributed by atoms with E-state index < -0.39 is 11.5 Å². The monoisotopic (exact) mass is 498 g/mol. The fourth-order valence-corrected chi connectivity index (χ4v) is 11.0. The molecule has 4 fully saturated rings. The van der Waals surface area contributed by atoms with E-state index in [2.05, 4.69) is 54.5 Å². The number of aliphatic hydroxyl groups excluding tert-OH is 1. The van der Waals surface area contributed by atoms with Crippen molar-refractivity contribution in [2.75, 3.05) is 7.11 Å². The Morgan fingerprint density at radius 3 is 2.33 bits per heavy atom. The number of esters is 1. The van der Waals surface area contributed by atoms with E-state index in [1.807, 2.05) is 0 Å². The Hall–Kier alpha value is -1.16. The largest absolute Gasteiger partial charge is 0.468 e. The van der Waals surface area contributed by atoms with Gasteiger partial charge in [0, 0.05) is 5.41 Å². The number of rotatable bonds is 2. The van der Waals surface area contributed by atoms with Gasteiger partial charge in [-0.05, 0) is 103 Å². The van der Waals surface area contributed by atoms with Gasteiger partial charge >= 0.3 is 5.97 Å². The summed E-state index contributed by atoms with van der Waals surface area (Å²) < 4.78 is 5.41. The average molecular weight is 499 g/mol. The smallest absolute Gasteiger partial charge is 0.315 e. The van der Waals surface area contributed by atoms with Crippen molar-refractivity contribution in [1.29, 1.82) is 0 Å². The van der Waals surface area contributed by atoms with Gasteiger partial charge in [-0.25, -0.2) is 0 Å². The lowest BCUT2D eigenvalue weighted by atomic mass is 9.33. The highest BCUT2D eigenvalue weighted by Crippen LogP contribution is 2.76. The van der Waals surface area contributed by atoms with Crippen LogP contribution >= 0.6 is 0 Å². The number of ether oxygens (including phenoxy) is 1. The molecular weight excluding hydrogens is 448 g/mol. The van der Waals surface area contributed by atoms with Gasteiger partial charge < -0.3 is 14.6 Å². The van der Waals surface area contributed by atoms with Gasteiger partial charge in [0.05, 0.1) is 13.2 Å². The number of hydrogen-bond donors (Lipinski definition) is 1. The summed E-state index contributed by atoms with van der Waals surface area (Å²) in [6, 6.07) is 0. The molecule has 0 heterocycles. The molecule has 36 heavy (non-hydrogen) atoms. The molecule has 5 rings (SSSR count). The Morgan fingerprint density at radius 2 is 1.69 bits per heavy atom. The highest BCUT2D eigenvalue weighted by Gasteiger charge is 2.71. The third-order valence-corrected chi connectivity index (χ3v) is 13.7. The van der Waals surface area contributed by atoms with Crippen molar-refractivity contribution in [3.8, 4) is 0 Å². The van der Waals surface area contributed by atoms with E-state index >= 15 is 0 Å². The first-order valence-electron chi connectivity index (χ1n) is 14.6. The molecule has 4 unspecified atom stereocenters. The van der Waals surface area contributed by atoms with E-state index in [1.165, 1.54) is 25.4 Å². The molecule has 4 nitrogen and oxygen atoms in total. The van der Waals surface area contributed by atoms with Crippen LogP contribution in [0, 0.1) is 56.2 Å². The summed E-state index contributed by atoms with van der Waals surface area (Å²) in [5, 5.41) is 11.9. The quantitative estimate of drug-likeness (QED) is 0.260. The van der Waals surface area contributed by atoms with Gasteiger partial charge in [-0.2, -0.15) is 0 Å². The summed E-state index contributed by atoms with van der Waals surface area (Å²) in [7, 11) is 1.48. The molecule has 10 atom stereocenters. The number of aliphatic hydroxyl groups is 1. The first-order chi connectivity index (χ1) is 16.7. The zero-order valence-electron chi connectivity index (χ0n) is 24.1. The van der Waals surface area contributed by atoms with Crippen LogP contribution in [0.4, 0.5) is 0 Å². The molecule has 5 aliphatic rings. The number of hydrogen-bond acceptors (Lipinski definition) is 4. The molecule has 1 N–H and O–H groups in total. The van der Waals surface area contributed by atoms with E-state index in [0.29, 0.717) is 30.6 Å². The van der Waals surface area contributed by atoms with Crippen molar-refractivity contribution in [2.24, 2.45) is 56.2 Å². The first kappa shape index (κ1) is 26.4. The van der Waals surface area contributed by atoms with Crippen molar-refractivity contribution in [3.63, 3.8) is 0 Å². The summed E-state index contributed by atoms with van der Waals surface area (Å²) in [6.45, 7) is 16.5. The fourth-order valence-electron chi connectivity index (χ4n) is 11.0. The minimum Gasteiger partial charge on any atom is -0.468 e. The van der Waals surface area contributed by atoms with E-state index in [9.17, 15) is 14.7 Å². The number of allylic oxidation sites excluding steroid dienone is 2. The second-order valence-corrected chi connectivity index (χ2v) is 15.4. The summed E-state index contributed by atoms with van der Waals surface area (Å²) in [5.41, 5.74) is 0.433. The standard InChI is InChI=1S/C32H50O4/c1-20-11-13-28(4)23(29(20,5)19-33)12-14-30(6)24(28)10-9-21-22-17-27(2,3)15-16-32(22,26(35)36-8)25(34)18-31(21,30)7/h9,19-20,22-25,34H,10-18H2,1-8H3/t20-,22?,23+,24?,25-,28?,29-,30?,31+,32+/m0/s1. The van der Waals surface area contributed by atoms with Gasteiger partial charge in [-0.1, -0.05) is 60.1 Å². The van der Waals surface area contributed by atoms with Gasteiger partial charge in [-0.15, -0.1) is 0 Å². The maximum Gasteiger partial charge on any atom is 0.315 e. The van der Waals surface area contributed by atoms with Gasteiger partial charge in [0.1, 0.15) is 11.7 Å². The molecule has 0 saturated heterocycles. The summed E-state index contributed by atoms with van der Waals surface area (Å²) in [4.78, 5) is 25.9. The molecule has 0 aromatic rings. The lowest BCUT2D eigenvalue weighted by molar-refractivity contribution is -0.212. The van der Waals surface area contributed by atoms with Crippen molar-refractivity contribution in [3.05, 3.63) is 11.6 Å². The topological polar surface area (TPSA) is 63.6 Å². The van der Waals surface area contributed by atoms with Crippen LogP contribution in [0.5, 0.6) is 0 Å². The average Bonchev–Trinajstić information content (AvgIpc) is 2.81. The zero-order valence-corrected chi connectivity index (χ0v) is 24.1. The molecule has 0 spiro atoms. The maximum atomic E-state index is 13.4. The third-order valence-electron chi connectivity index (χ3n) is 13.7. The molecule has 202 valence electrons. The number of carbonyl (C=O) groups is 2. The lowest BCUT2D eigenvalue weighted by Crippen LogP contribution is -2.67. The van der Waals surface area contributed by atoms with E-state index in [1.54, 1.807) is 0 Å².